The van der Waals surface area contributed by atoms with Gasteiger partial charge in [-0.1, -0.05) is 6.07 Å². The summed E-state index contributed by atoms with van der Waals surface area (Å²) in [6, 6.07) is 7.69. The first-order valence-electron chi connectivity index (χ1n) is 5.19. The summed E-state index contributed by atoms with van der Waals surface area (Å²) in [7, 11) is -2.66. The fourth-order valence-corrected chi connectivity index (χ4v) is 2.27. The van der Waals surface area contributed by atoms with Gasteiger partial charge in [-0.05, 0) is 42.3 Å². The molecule has 2 aromatic carbocycles. The lowest BCUT2D eigenvalue weighted by atomic mass is 10.0. The summed E-state index contributed by atoms with van der Waals surface area (Å²) >= 11 is 0. The Labute approximate surface area is 105 Å². The number of thiol groups is 1. The Morgan fingerprint density at radius 3 is 2.17 bits per heavy atom. The molecule has 2 nitrogen and oxygen atoms in total. The molecule has 0 bridgehead atoms. The lowest BCUT2D eigenvalue weighted by molar-refractivity contribution is 0.585. The minimum absolute atomic E-state index is 0.175. The van der Waals surface area contributed by atoms with Crippen LogP contribution < -0.4 is 0 Å². The summed E-state index contributed by atoms with van der Waals surface area (Å²) in [5, 5.41) is 0. The second kappa shape index (κ2) is 4.86. The highest BCUT2D eigenvalue weighted by atomic mass is 32.2. The van der Waals surface area contributed by atoms with E-state index in [9.17, 15) is 17.2 Å². The number of halogens is 2. The van der Waals surface area contributed by atoms with Crippen LogP contribution in [0.5, 0.6) is 0 Å². The van der Waals surface area contributed by atoms with Crippen molar-refractivity contribution in [1.82, 2.24) is 0 Å². The highest BCUT2D eigenvalue weighted by Crippen LogP contribution is 2.27. The van der Waals surface area contributed by atoms with Crippen LogP contribution in [0.15, 0.2) is 41.3 Å². The molecule has 0 aliphatic rings. The fraction of sp³-hybridized carbons (Fsp3) is 0.0769. The molecule has 0 N–H and O–H groups in total. The summed E-state index contributed by atoms with van der Waals surface area (Å²) < 4.78 is 48.1. The number of rotatable bonds is 2. The maximum absolute atomic E-state index is 13.6. The molecule has 2 rings (SSSR count). The number of benzene rings is 2. The van der Waals surface area contributed by atoms with Crippen LogP contribution in [0.1, 0.15) is 5.56 Å². The van der Waals surface area contributed by atoms with Gasteiger partial charge in [0.05, 0.1) is 4.90 Å². The van der Waals surface area contributed by atoms with Gasteiger partial charge in [-0.15, -0.1) is 0 Å². The van der Waals surface area contributed by atoms with Crippen LogP contribution in [0.4, 0.5) is 8.78 Å². The SMILES string of the molecule is Cc1cc([SH](=O)=O)ccc1-c1ccc(F)cc1F. The van der Waals surface area contributed by atoms with E-state index in [2.05, 4.69) is 0 Å². The minimum atomic E-state index is -2.66. The van der Waals surface area contributed by atoms with Crippen molar-refractivity contribution in [3.63, 3.8) is 0 Å². The molecular weight excluding hydrogens is 258 g/mol. The fourth-order valence-electron chi connectivity index (χ4n) is 1.77. The van der Waals surface area contributed by atoms with Crippen molar-refractivity contribution in [2.45, 2.75) is 11.8 Å². The standard InChI is InChI=1S/C13H10F2O2S/c1-8-6-10(18(16)17)3-5-11(8)12-4-2-9(14)7-13(12)15/h2-7,18H,1H3. The normalized spacial score (nSPS) is 10.9. The summed E-state index contributed by atoms with van der Waals surface area (Å²) in [6.45, 7) is 1.68. The third-order valence-corrected chi connectivity index (χ3v) is 3.34. The molecule has 0 unspecified atom stereocenters. The van der Waals surface area contributed by atoms with E-state index < -0.39 is 22.3 Å². The third-order valence-electron chi connectivity index (χ3n) is 2.64. The lowest BCUT2D eigenvalue weighted by Crippen LogP contribution is -1.91. The molecule has 0 aliphatic heterocycles. The molecule has 2 aromatic rings. The Bertz CT molecular complexity index is 671. The summed E-state index contributed by atoms with van der Waals surface area (Å²) in [5.74, 6) is -1.31. The number of hydrogen-bond acceptors (Lipinski definition) is 2. The van der Waals surface area contributed by atoms with E-state index in [-0.39, 0.29) is 10.5 Å². The highest BCUT2D eigenvalue weighted by Gasteiger charge is 2.09. The molecule has 94 valence electrons. The molecule has 0 saturated heterocycles. The summed E-state index contributed by atoms with van der Waals surface area (Å²) in [6.07, 6.45) is 0. The van der Waals surface area contributed by atoms with Gasteiger partial charge in [0.15, 0.2) is 10.7 Å². The molecule has 0 atom stereocenters. The molecule has 0 saturated carbocycles. The molecule has 18 heavy (non-hydrogen) atoms. The van der Waals surface area contributed by atoms with E-state index in [1.165, 1.54) is 30.3 Å². The zero-order valence-electron chi connectivity index (χ0n) is 9.48. The van der Waals surface area contributed by atoms with Gasteiger partial charge in [0, 0.05) is 11.6 Å². The first kappa shape index (κ1) is 12.7. The van der Waals surface area contributed by atoms with Gasteiger partial charge in [-0.2, -0.15) is 0 Å². The van der Waals surface area contributed by atoms with E-state index in [1.807, 2.05) is 0 Å². The van der Waals surface area contributed by atoms with Crippen molar-refractivity contribution in [2.75, 3.05) is 0 Å². The van der Waals surface area contributed by atoms with Crippen LogP contribution in [0.2, 0.25) is 0 Å². The molecule has 0 radical (unpaired) electrons. The third kappa shape index (κ3) is 2.41. The first-order chi connectivity index (χ1) is 8.49. The molecule has 0 aliphatic carbocycles. The van der Waals surface area contributed by atoms with Crippen molar-refractivity contribution in [3.8, 4) is 11.1 Å². The van der Waals surface area contributed by atoms with Crippen LogP contribution >= 0.6 is 0 Å². The van der Waals surface area contributed by atoms with Crippen molar-refractivity contribution in [1.29, 1.82) is 0 Å². The second-order valence-electron chi connectivity index (χ2n) is 3.88. The Kier molecular flexibility index (Phi) is 3.43. The molecule has 0 fully saturated rings. The van der Waals surface area contributed by atoms with Crippen LogP contribution in [-0.2, 0) is 10.7 Å². The van der Waals surface area contributed by atoms with Crippen LogP contribution in [0.3, 0.4) is 0 Å². The highest BCUT2D eigenvalue weighted by molar-refractivity contribution is 7.72. The van der Waals surface area contributed by atoms with E-state index in [1.54, 1.807) is 6.92 Å². The predicted octanol–water partition coefficient (Wildman–Crippen LogP) is 2.91. The van der Waals surface area contributed by atoms with Gasteiger partial charge in [0.2, 0.25) is 0 Å². The van der Waals surface area contributed by atoms with E-state index in [0.29, 0.717) is 11.1 Å². The summed E-state index contributed by atoms with van der Waals surface area (Å²) in [5.41, 5.74) is 1.42. The topological polar surface area (TPSA) is 34.1 Å². The maximum Gasteiger partial charge on any atom is 0.168 e. The maximum atomic E-state index is 13.6. The van der Waals surface area contributed by atoms with Gasteiger partial charge in [-0.3, -0.25) is 0 Å². The van der Waals surface area contributed by atoms with Crippen LogP contribution in [0.25, 0.3) is 11.1 Å². The van der Waals surface area contributed by atoms with Crippen molar-refractivity contribution < 1.29 is 17.2 Å². The van der Waals surface area contributed by atoms with Gasteiger partial charge in [0.1, 0.15) is 11.6 Å². The predicted molar refractivity (Wildman–Crippen MR) is 65.1 cm³/mol. The first-order valence-corrected chi connectivity index (χ1v) is 6.37. The second-order valence-corrected chi connectivity index (χ2v) is 4.91. The monoisotopic (exact) mass is 268 g/mol. The van der Waals surface area contributed by atoms with Crippen molar-refractivity contribution in [3.05, 3.63) is 53.6 Å². The zero-order chi connectivity index (χ0) is 13.3. The van der Waals surface area contributed by atoms with Gasteiger partial charge >= 0.3 is 0 Å². The smallest absolute Gasteiger partial charge is 0.168 e. The van der Waals surface area contributed by atoms with E-state index >= 15 is 0 Å². The van der Waals surface area contributed by atoms with Crippen LogP contribution in [-0.4, -0.2) is 8.42 Å². The van der Waals surface area contributed by atoms with Gasteiger partial charge < -0.3 is 0 Å². The number of aryl methyl sites for hydroxylation is 1. The average Bonchev–Trinajstić information content (AvgIpc) is 2.30. The van der Waals surface area contributed by atoms with Gasteiger partial charge in [-0.25, -0.2) is 17.2 Å². The van der Waals surface area contributed by atoms with Gasteiger partial charge in [0.25, 0.3) is 0 Å². The minimum Gasteiger partial charge on any atom is -0.227 e. The Morgan fingerprint density at radius 2 is 1.61 bits per heavy atom. The number of hydrogen-bond donors (Lipinski definition) is 1. The van der Waals surface area contributed by atoms with Crippen molar-refractivity contribution >= 4 is 10.7 Å². The molecule has 0 heterocycles. The zero-order valence-corrected chi connectivity index (χ0v) is 10.4. The Balaban J connectivity index is 2.58. The van der Waals surface area contributed by atoms with Crippen LogP contribution in [0, 0.1) is 18.6 Å². The average molecular weight is 268 g/mol. The molecular formula is C13H10F2O2S. The largest absolute Gasteiger partial charge is 0.227 e. The summed E-state index contributed by atoms with van der Waals surface area (Å²) in [4.78, 5) is 0.175. The molecule has 0 aromatic heterocycles. The molecule has 0 spiro atoms. The Morgan fingerprint density at radius 1 is 0.944 bits per heavy atom. The van der Waals surface area contributed by atoms with E-state index in [0.717, 1.165) is 6.07 Å². The lowest BCUT2D eigenvalue weighted by Gasteiger charge is -2.07. The quantitative estimate of drug-likeness (QED) is 0.850. The van der Waals surface area contributed by atoms with Crippen molar-refractivity contribution in [2.24, 2.45) is 0 Å². The molecule has 5 heteroatoms. The Hall–Kier alpha value is -1.75. The van der Waals surface area contributed by atoms with E-state index in [4.69, 9.17) is 0 Å². The molecule has 0 amide bonds.